The molecule has 4 heteroatoms. The zero-order chi connectivity index (χ0) is 12.8. The van der Waals surface area contributed by atoms with E-state index < -0.39 is 11.4 Å². The maximum atomic E-state index is 12.0. The monoisotopic (exact) mass is 229 g/mol. The van der Waals surface area contributed by atoms with Gasteiger partial charge in [0.15, 0.2) is 0 Å². The molecule has 0 aliphatic carbocycles. The van der Waals surface area contributed by atoms with Crippen molar-refractivity contribution in [3.8, 4) is 0 Å². The van der Waals surface area contributed by atoms with Gasteiger partial charge in [-0.3, -0.25) is 9.59 Å². The lowest BCUT2D eigenvalue weighted by Gasteiger charge is -2.31. The van der Waals surface area contributed by atoms with Crippen molar-refractivity contribution in [1.29, 1.82) is 0 Å². The highest BCUT2D eigenvalue weighted by Gasteiger charge is 2.35. The standard InChI is InChI=1S/C12H23NO3/c1-5-12(6-2,7-9(3)4)11(16)13-8-10(14)15/h9H,5-8H2,1-4H3,(H,13,16)(H,14,15). The minimum Gasteiger partial charge on any atom is -0.480 e. The lowest BCUT2D eigenvalue weighted by Crippen LogP contribution is -2.43. The normalized spacial score (nSPS) is 11.6. The fourth-order valence-electron chi connectivity index (χ4n) is 2.08. The minimum atomic E-state index is -1.00. The van der Waals surface area contributed by atoms with Crippen LogP contribution in [0.2, 0.25) is 0 Å². The van der Waals surface area contributed by atoms with Gasteiger partial charge in [-0.1, -0.05) is 27.7 Å². The van der Waals surface area contributed by atoms with Crippen LogP contribution in [0.3, 0.4) is 0 Å². The predicted molar refractivity (Wildman–Crippen MR) is 63.1 cm³/mol. The van der Waals surface area contributed by atoms with Crippen molar-refractivity contribution < 1.29 is 14.7 Å². The molecule has 0 fully saturated rings. The molecule has 94 valence electrons. The van der Waals surface area contributed by atoms with E-state index in [1.54, 1.807) is 0 Å². The highest BCUT2D eigenvalue weighted by atomic mass is 16.4. The van der Waals surface area contributed by atoms with Crippen molar-refractivity contribution in [1.82, 2.24) is 5.32 Å². The van der Waals surface area contributed by atoms with E-state index in [4.69, 9.17) is 5.11 Å². The maximum Gasteiger partial charge on any atom is 0.322 e. The second-order valence-electron chi connectivity index (χ2n) is 4.66. The van der Waals surface area contributed by atoms with Crippen LogP contribution < -0.4 is 5.32 Å². The molecule has 2 N–H and O–H groups in total. The zero-order valence-corrected chi connectivity index (χ0v) is 10.7. The Morgan fingerprint density at radius 1 is 1.25 bits per heavy atom. The Labute approximate surface area is 97.4 Å². The number of carboxylic acids is 1. The van der Waals surface area contributed by atoms with Crippen LogP contribution in [0.5, 0.6) is 0 Å². The molecule has 0 aromatic heterocycles. The highest BCUT2D eigenvalue weighted by Crippen LogP contribution is 2.34. The average molecular weight is 229 g/mol. The lowest BCUT2D eigenvalue weighted by molar-refractivity contribution is -0.140. The van der Waals surface area contributed by atoms with Crippen molar-refractivity contribution >= 4 is 11.9 Å². The van der Waals surface area contributed by atoms with E-state index in [1.807, 2.05) is 13.8 Å². The zero-order valence-electron chi connectivity index (χ0n) is 10.7. The topological polar surface area (TPSA) is 66.4 Å². The first-order valence-electron chi connectivity index (χ1n) is 5.88. The Kier molecular flexibility index (Phi) is 6.08. The molecule has 0 atom stereocenters. The van der Waals surface area contributed by atoms with Crippen molar-refractivity contribution in [2.45, 2.75) is 47.0 Å². The van der Waals surface area contributed by atoms with Gasteiger partial charge in [0.05, 0.1) is 0 Å². The molecule has 0 aromatic carbocycles. The fourth-order valence-corrected chi connectivity index (χ4v) is 2.08. The van der Waals surface area contributed by atoms with Crippen molar-refractivity contribution in [3.05, 3.63) is 0 Å². The maximum absolute atomic E-state index is 12.0. The van der Waals surface area contributed by atoms with Crippen molar-refractivity contribution in [2.24, 2.45) is 11.3 Å². The van der Waals surface area contributed by atoms with Crippen LogP contribution in [0, 0.1) is 11.3 Å². The molecule has 0 unspecified atom stereocenters. The molecule has 0 aliphatic rings. The summed E-state index contributed by atoms with van der Waals surface area (Å²) in [5, 5.41) is 11.0. The third-order valence-corrected chi connectivity index (χ3v) is 3.03. The molecule has 16 heavy (non-hydrogen) atoms. The summed E-state index contributed by atoms with van der Waals surface area (Å²) in [4.78, 5) is 22.4. The third kappa shape index (κ3) is 4.21. The number of amides is 1. The molecular formula is C12H23NO3. The summed E-state index contributed by atoms with van der Waals surface area (Å²) in [6.07, 6.45) is 2.28. The van der Waals surface area contributed by atoms with Crippen LogP contribution in [0.1, 0.15) is 47.0 Å². The number of aliphatic carboxylic acids is 1. The predicted octanol–water partition coefficient (Wildman–Crippen LogP) is 2.04. The second kappa shape index (κ2) is 6.51. The molecule has 0 rings (SSSR count). The Hall–Kier alpha value is -1.06. The van der Waals surface area contributed by atoms with E-state index in [-0.39, 0.29) is 12.5 Å². The number of carbonyl (C=O) groups excluding carboxylic acids is 1. The molecule has 0 radical (unpaired) electrons. The molecule has 4 nitrogen and oxygen atoms in total. The van der Waals surface area contributed by atoms with Gasteiger partial charge < -0.3 is 10.4 Å². The van der Waals surface area contributed by atoms with Gasteiger partial charge in [0.1, 0.15) is 6.54 Å². The number of rotatable bonds is 7. The van der Waals surface area contributed by atoms with Gasteiger partial charge in [-0.2, -0.15) is 0 Å². The van der Waals surface area contributed by atoms with Crippen LogP contribution in [-0.4, -0.2) is 23.5 Å². The van der Waals surface area contributed by atoms with E-state index in [0.717, 1.165) is 19.3 Å². The van der Waals surface area contributed by atoms with Crippen molar-refractivity contribution in [3.63, 3.8) is 0 Å². The van der Waals surface area contributed by atoms with Crippen LogP contribution in [-0.2, 0) is 9.59 Å². The Bertz CT molecular complexity index is 245. The summed E-state index contributed by atoms with van der Waals surface area (Å²) in [5.74, 6) is -0.705. The van der Waals surface area contributed by atoms with Crippen LogP contribution in [0.15, 0.2) is 0 Å². The summed E-state index contributed by atoms with van der Waals surface area (Å²) in [7, 11) is 0. The molecule has 1 amide bonds. The average Bonchev–Trinajstić information content (AvgIpc) is 2.22. The fraction of sp³-hybridized carbons (Fsp3) is 0.833. The van der Waals surface area contributed by atoms with Gasteiger partial charge in [0.25, 0.3) is 0 Å². The molecule has 0 heterocycles. The minimum absolute atomic E-state index is 0.131. The first-order chi connectivity index (χ1) is 7.38. The van der Waals surface area contributed by atoms with Crippen LogP contribution in [0.25, 0.3) is 0 Å². The summed E-state index contributed by atoms with van der Waals surface area (Å²) < 4.78 is 0. The Morgan fingerprint density at radius 2 is 1.75 bits per heavy atom. The van der Waals surface area contributed by atoms with Gasteiger partial charge in [-0.05, 0) is 25.2 Å². The summed E-state index contributed by atoms with van der Waals surface area (Å²) in [6, 6.07) is 0. The molecule has 0 saturated carbocycles. The number of carbonyl (C=O) groups is 2. The molecule has 0 bridgehead atoms. The third-order valence-electron chi connectivity index (χ3n) is 3.03. The van der Waals surface area contributed by atoms with Crippen molar-refractivity contribution in [2.75, 3.05) is 6.54 Å². The summed E-state index contributed by atoms with van der Waals surface area (Å²) >= 11 is 0. The lowest BCUT2D eigenvalue weighted by atomic mass is 9.75. The van der Waals surface area contributed by atoms with Gasteiger partial charge in [0.2, 0.25) is 5.91 Å². The number of hydrogen-bond acceptors (Lipinski definition) is 2. The number of carboxylic acid groups (broad SMARTS) is 1. The Morgan fingerprint density at radius 3 is 2.06 bits per heavy atom. The van der Waals surface area contributed by atoms with Gasteiger partial charge >= 0.3 is 5.97 Å². The first-order valence-corrected chi connectivity index (χ1v) is 5.88. The summed E-state index contributed by atoms with van der Waals surface area (Å²) in [5.41, 5.74) is -0.413. The molecular weight excluding hydrogens is 206 g/mol. The molecule has 0 saturated heterocycles. The van der Waals surface area contributed by atoms with E-state index in [0.29, 0.717) is 5.92 Å². The first kappa shape index (κ1) is 14.9. The summed E-state index contributed by atoms with van der Waals surface area (Å²) in [6.45, 7) is 7.81. The highest BCUT2D eigenvalue weighted by molar-refractivity contribution is 5.85. The Balaban J connectivity index is 4.61. The van der Waals surface area contributed by atoms with Crippen LogP contribution in [0.4, 0.5) is 0 Å². The second-order valence-corrected chi connectivity index (χ2v) is 4.66. The van der Waals surface area contributed by atoms with Crippen LogP contribution >= 0.6 is 0 Å². The van der Waals surface area contributed by atoms with E-state index >= 15 is 0 Å². The van der Waals surface area contributed by atoms with Gasteiger partial charge in [0, 0.05) is 5.41 Å². The van der Waals surface area contributed by atoms with E-state index in [2.05, 4.69) is 19.2 Å². The smallest absolute Gasteiger partial charge is 0.322 e. The van der Waals surface area contributed by atoms with Gasteiger partial charge in [-0.15, -0.1) is 0 Å². The molecule has 0 aliphatic heterocycles. The van der Waals surface area contributed by atoms with E-state index in [9.17, 15) is 9.59 Å². The number of hydrogen-bond donors (Lipinski definition) is 2. The quantitative estimate of drug-likeness (QED) is 0.702. The molecule has 0 spiro atoms. The largest absolute Gasteiger partial charge is 0.480 e. The van der Waals surface area contributed by atoms with Gasteiger partial charge in [-0.25, -0.2) is 0 Å². The SMILES string of the molecule is CCC(CC)(CC(C)C)C(=O)NCC(=O)O. The number of nitrogens with one attached hydrogen (secondary N) is 1. The van der Waals surface area contributed by atoms with E-state index in [1.165, 1.54) is 0 Å². The molecule has 0 aromatic rings.